The Morgan fingerprint density at radius 1 is 1.22 bits per heavy atom. The number of hydrogen-bond donors (Lipinski definition) is 3. The summed E-state index contributed by atoms with van der Waals surface area (Å²) in [6.45, 7) is 2.28. The lowest BCUT2D eigenvalue weighted by Crippen LogP contribution is -2.50. The van der Waals surface area contributed by atoms with Crippen LogP contribution in [-0.4, -0.2) is 29.3 Å². The lowest BCUT2D eigenvalue weighted by atomic mass is 9.76. The molecule has 0 aliphatic heterocycles. The molecular formula is C21H24ClN3O2. The molecule has 0 radical (unpaired) electrons. The highest BCUT2D eigenvalue weighted by atomic mass is 35.5. The van der Waals surface area contributed by atoms with Crippen LogP contribution in [0.5, 0.6) is 11.5 Å². The molecule has 142 valence electrons. The fourth-order valence-corrected chi connectivity index (χ4v) is 3.54. The van der Waals surface area contributed by atoms with E-state index in [0.717, 1.165) is 22.0 Å². The van der Waals surface area contributed by atoms with Crippen molar-refractivity contribution in [3.05, 3.63) is 64.8 Å². The molecule has 0 fully saturated rings. The number of aromatic nitrogens is 1. The van der Waals surface area contributed by atoms with E-state index in [0.29, 0.717) is 23.7 Å². The first-order chi connectivity index (χ1) is 12.9. The van der Waals surface area contributed by atoms with Gasteiger partial charge in [0.1, 0.15) is 0 Å². The maximum Gasteiger partial charge on any atom is 0.160 e. The average Bonchev–Trinajstić information content (AvgIpc) is 2.66. The summed E-state index contributed by atoms with van der Waals surface area (Å²) >= 11 is 6.12. The molecule has 0 aliphatic rings. The van der Waals surface area contributed by atoms with Crippen LogP contribution in [0.1, 0.15) is 24.0 Å². The molecular weight excluding hydrogens is 362 g/mol. The minimum atomic E-state index is -0.640. The number of methoxy groups -OCH3 is 1. The summed E-state index contributed by atoms with van der Waals surface area (Å²) in [5.74, 6) is 0.476. The van der Waals surface area contributed by atoms with Crippen molar-refractivity contribution in [2.24, 2.45) is 11.5 Å². The van der Waals surface area contributed by atoms with Crippen LogP contribution in [0.2, 0.25) is 5.02 Å². The number of aromatic hydroxyl groups is 1. The van der Waals surface area contributed by atoms with Gasteiger partial charge in [-0.2, -0.15) is 0 Å². The van der Waals surface area contributed by atoms with Gasteiger partial charge in [0.25, 0.3) is 0 Å². The van der Waals surface area contributed by atoms with E-state index in [1.165, 1.54) is 7.11 Å². The Balaban J connectivity index is 2.11. The number of nitrogens with zero attached hydrogens (tertiary/aromatic N) is 1. The molecule has 1 aromatic heterocycles. The van der Waals surface area contributed by atoms with Gasteiger partial charge in [-0.15, -0.1) is 0 Å². The van der Waals surface area contributed by atoms with E-state index in [1.54, 1.807) is 12.3 Å². The number of rotatable bonds is 6. The lowest BCUT2D eigenvalue weighted by molar-refractivity contribution is 0.369. The summed E-state index contributed by atoms with van der Waals surface area (Å²) in [6.07, 6.45) is 2.41. The Labute approximate surface area is 163 Å². The van der Waals surface area contributed by atoms with Crippen LogP contribution in [0, 0.1) is 0 Å². The predicted molar refractivity (Wildman–Crippen MR) is 110 cm³/mol. The molecule has 27 heavy (non-hydrogen) atoms. The number of benzene rings is 2. The monoisotopic (exact) mass is 385 g/mol. The number of phenols is 1. The maximum absolute atomic E-state index is 9.87. The normalized spacial score (nSPS) is 14.7. The molecule has 0 amide bonds. The molecule has 0 spiro atoms. The smallest absolute Gasteiger partial charge is 0.160 e. The van der Waals surface area contributed by atoms with Crippen molar-refractivity contribution >= 4 is 22.5 Å². The fraction of sp³-hybridized carbons (Fsp3) is 0.286. The number of ether oxygens (including phenoxy) is 1. The minimum absolute atomic E-state index is 0.0663. The minimum Gasteiger partial charge on any atom is -0.504 e. The Kier molecular flexibility index (Phi) is 5.56. The summed E-state index contributed by atoms with van der Waals surface area (Å²) in [7, 11) is 1.53. The second kappa shape index (κ2) is 7.72. The second-order valence-electron chi connectivity index (χ2n) is 7.03. The van der Waals surface area contributed by atoms with Crippen LogP contribution >= 0.6 is 11.6 Å². The largest absolute Gasteiger partial charge is 0.504 e. The number of pyridine rings is 1. The second-order valence-corrected chi connectivity index (χ2v) is 7.47. The quantitative estimate of drug-likeness (QED) is 0.602. The molecule has 0 aliphatic carbocycles. The molecule has 5 N–H and O–H groups in total. The lowest BCUT2D eigenvalue weighted by Gasteiger charge is -2.34. The highest BCUT2D eigenvalue weighted by molar-refractivity contribution is 6.31. The van der Waals surface area contributed by atoms with E-state index in [2.05, 4.69) is 4.98 Å². The molecule has 2 aromatic carbocycles. The predicted octanol–water partition coefficient (Wildman–Crippen LogP) is 3.60. The SMILES string of the molecule is COc1cc(CC(c2ccnc3cc(Cl)ccc23)C(C)(N)CN)ccc1O. The molecule has 6 heteroatoms. The third kappa shape index (κ3) is 4.00. The zero-order valence-electron chi connectivity index (χ0n) is 15.4. The van der Waals surface area contributed by atoms with Gasteiger partial charge in [0.05, 0.1) is 12.6 Å². The van der Waals surface area contributed by atoms with Crippen LogP contribution in [0.4, 0.5) is 0 Å². The zero-order chi connectivity index (χ0) is 19.6. The van der Waals surface area contributed by atoms with Crippen molar-refractivity contribution < 1.29 is 9.84 Å². The summed E-state index contributed by atoms with van der Waals surface area (Å²) in [5.41, 5.74) is 14.9. The molecule has 0 bridgehead atoms. The van der Waals surface area contributed by atoms with Gasteiger partial charge in [-0.1, -0.05) is 23.7 Å². The Hall–Kier alpha value is -2.34. The molecule has 0 saturated heterocycles. The number of fused-ring (bicyclic) bond motifs is 1. The van der Waals surface area contributed by atoms with Gasteiger partial charge in [0, 0.05) is 34.6 Å². The van der Waals surface area contributed by atoms with Gasteiger partial charge >= 0.3 is 0 Å². The van der Waals surface area contributed by atoms with Crippen LogP contribution in [0.3, 0.4) is 0 Å². The van der Waals surface area contributed by atoms with Crippen molar-refractivity contribution in [2.45, 2.75) is 24.8 Å². The molecule has 2 atom stereocenters. The topological polar surface area (TPSA) is 94.4 Å². The van der Waals surface area contributed by atoms with Gasteiger partial charge in [-0.05, 0) is 54.8 Å². The third-order valence-electron chi connectivity index (χ3n) is 5.03. The molecule has 3 aromatic rings. The Bertz CT molecular complexity index is 959. The van der Waals surface area contributed by atoms with Gasteiger partial charge in [0.2, 0.25) is 0 Å². The molecule has 0 saturated carbocycles. The first-order valence-electron chi connectivity index (χ1n) is 8.74. The summed E-state index contributed by atoms with van der Waals surface area (Å²) < 4.78 is 5.24. The molecule has 5 nitrogen and oxygen atoms in total. The van der Waals surface area contributed by atoms with Crippen LogP contribution < -0.4 is 16.2 Å². The number of phenolic OH excluding ortho intramolecular Hbond substituents is 1. The van der Waals surface area contributed by atoms with Crippen molar-refractivity contribution in [1.29, 1.82) is 0 Å². The summed E-state index contributed by atoms with van der Waals surface area (Å²) in [4.78, 5) is 4.43. The highest BCUT2D eigenvalue weighted by Crippen LogP contribution is 2.36. The van der Waals surface area contributed by atoms with Crippen LogP contribution in [0.15, 0.2) is 48.7 Å². The van der Waals surface area contributed by atoms with E-state index in [1.807, 2.05) is 43.3 Å². The standard InChI is InChI=1S/C21H24ClN3O2/c1-21(24,12-23)17(9-13-3-6-19(26)20(10-13)27-2)15-7-8-25-18-11-14(22)4-5-16(15)18/h3-8,10-11,17,26H,9,12,23-24H2,1-2H3. The fourth-order valence-electron chi connectivity index (χ4n) is 3.37. The zero-order valence-corrected chi connectivity index (χ0v) is 16.2. The van der Waals surface area contributed by atoms with E-state index in [4.69, 9.17) is 27.8 Å². The van der Waals surface area contributed by atoms with Crippen molar-refractivity contribution in [2.75, 3.05) is 13.7 Å². The Morgan fingerprint density at radius 2 is 2.00 bits per heavy atom. The highest BCUT2D eigenvalue weighted by Gasteiger charge is 2.32. The molecule has 2 unspecified atom stereocenters. The van der Waals surface area contributed by atoms with Crippen molar-refractivity contribution in [1.82, 2.24) is 4.98 Å². The average molecular weight is 386 g/mol. The summed E-state index contributed by atoms with van der Waals surface area (Å²) in [5, 5.41) is 11.5. The van der Waals surface area contributed by atoms with Crippen LogP contribution in [-0.2, 0) is 6.42 Å². The molecule has 1 heterocycles. The van der Waals surface area contributed by atoms with Crippen LogP contribution in [0.25, 0.3) is 10.9 Å². The van der Waals surface area contributed by atoms with E-state index in [9.17, 15) is 5.11 Å². The third-order valence-corrected chi connectivity index (χ3v) is 5.27. The maximum atomic E-state index is 9.87. The van der Waals surface area contributed by atoms with Crippen molar-refractivity contribution in [3.63, 3.8) is 0 Å². The summed E-state index contributed by atoms with van der Waals surface area (Å²) in [6, 6.07) is 13.0. The van der Waals surface area contributed by atoms with Crippen molar-refractivity contribution in [3.8, 4) is 11.5 Å². The van der Waals surface area contributed by atoms with E-state index < -0.39 is 5.54 Å². The van der Waals surface area contributed by atoms with Gasteiger partial charge < -0.3 is 21.3 Å². The number of halogens is 1. The van der Waals surface area contributed by atoms with Gasteiger partial charge in [0.15, 0.2) is 11.5 Å². The van der Waals surface area contributed by atoms with E-state index >= 15 is 0 Å². The first-order valence-corrected chi connectivity index (χ1v) is 9.12. The number of hydrogen-bond acceptors (Lipinski definition) is 5. The molecule has 3 rings (SSSR count). The van der Waals surface area contributed by atoms with Gasteiger partial charge in [-0.25, -0.2) is 0 Å². The number of nitrogens with two attached hydrogens (primary N) is 2. The first kappa shape index (κ1) is 19.4. The van der Waals surface area contributed by atoms with E-state index in [-0.39, 0.29) is 11.7 Å². The Morgan fingerprint density at radius 3 is 2.70 bits per heavy atom. The van der Waals surface area contributed by atoms with Gasteiger partial charge in [-0.3, -0.25) is 4.98 Å².